The number of benzene rings is 4. The van der Waals surface area contributed by atoms with E-state index in [-0.39, 0.29) is 11.3 Å². The molecule has 0 radical (unpaired) electrons. The van der Waals surface area contributed by atoms with Crippen molar-refractivity contribution in [1.29, 1.82) is 0 Å². The monoisotopic (exact) mass is 456 g/mol. The Balaban J connectivity index is 1.64. The smallest absolute Gasteiger partial charge is 0.300 e. The molecule has 6 rings (SSSR count). The topological polar surface area (TPSA) is 70.5 Å². The molecular formula is C30H20N2O3. The summed E-state index contributed by atoms with van der Waals surface area (Å²) in [7, 11) is 0. The van der Waals surface area contributed by atoms with Crippen LogP contribution in [0.2, 0.25) is 0 Å². The quantitative estimate of drug-likeness (QED) is 0.205. The standard InChI is InChI=1S/C30H20N2O3/c33-28(23-15-7-11-19-9-1-3-13-21(19)23)26-27(24-16-5-6-18-31-24)32(30(35)29(26)34)25-17-8-12-20-10-2-4-14-22(20)25/h1-18,27,33H/b28-26+. The highest BCUT2D eigenvalue weighted by Crippen LogP contribution is 2.44. The van der Waals surface area contributed by atoms with Gasteiger partial charge in [-0.2, -0.15) is 0 Å². The molecule has 2 heterocycles. The molecule has 0 bridgehead atoms. The van der Waals surface area contributed by atoms with E-state index in [1.165, 1.54) is 4.90 Å². The van der Waals surface area contributed by atoms with Gasteiger partial charge in [0.15, 0.2) is 0 Å². The first kappa shape index (κ1) is 20.8. The Morgan fingerprint density at radius 2 is 1.34 bits per heavy atom. The van der Waals surface area contributed by atoms with Crippen molar-refractivity contribution in [3.05, 3.63) is 126 Å². The van der Waals surface area contributed by atoms with Crippen LogP contribution in [0.15, 0.2) is 115 Å². The van der Waals surface area contributed by atoms with Gasteiger partial charge < -0.3 is 5.11 Å². The normalized spacial score (nSPS) is 17.4. The van der Waals surface area contributed by atoms with Gasteiger partial charge in [0.2, 0.25) is 0 Å². The second-order valence-electron chi connectivity index (χ2n) is 8.45. The third kappa shape index (κ3) is 3.28. The van der Waals surface area contributed by atoms with Crippen molar-refractivity contribution >= 4 is 44.7 Å². The molecule has 35 heavy (non-hydrogen) atoms. The van der Waals surface area contributed by atoms with E-state index in [0.717, 1.165) is 21.5 Å². The number of hydrogen-bond donors (Lipinski definition) is 1. The lowest BCUT2D eigenvalue weighted by atomic mass is 9.95. The summed E-state index contributed by atoms with van der Waals surface area (Å²) >= 11 is 0. The minimum Gasteiger partial charge on any atom is -0.507 e. The molecule has 168 valence electrons. The molecular weight excluding hydrogens is 436 g/mol. The highest BCUT2D eigenvalue weighted by molar-refractivity contribution is 6.52. The second-order valence-corrected chi connectivity index (χ2v) is 8.45. The van der Waals surface area contributed by atoms with Gasteiger partial charge in [-0.15, -0.1) is 0 Å². The van der Waals surface area contributed by atoms with Crippen LogP contribution in [0.3, 0.4) is 0 Å². The molecule has 1 amide bonds. The van der Waals surface area contributed by atoms with Crippen molar-refractivity contribution in [3.8, 4) is 0 Å². The van der Waals surface area contributed by atoms with E-state index in [0.29, 0.717) is 16.9 Å². The van der Waals surface area contributed by atoms with Gasteiger partial charge in [-0.05, 0) is 34.4 Å². The van der Waals surface area contributed by atoms with Crippen molar-refractivity contribution in [3.63, 3.8) is 0 Å². The zero-order chi connectivity index (χ0) is 23.9. The Kier molecular flexibility index (Phi) is 4.89. The maximum atomic E-state index is 13.5. The Labute approximate surface area is 201 Å². The molecule has 1 unspecified atom stereocenters. The van der Waals surface area contributed by atoms with Crippen molar-refractivity contribution in [2.45, 2.75) is 6.04 Å². The van der Waals surface area contributed by atoms with E-state index in [4.69, 9.17) is 0 Å². The van der Waals surface area contributed by atoms with E-state index in [9.17, 15) is 14.7 Å². The van der Waals surface area contributed by atoms with Gasteiger partial charge in [-0.1, -0.05) is 84.9 Å². The summed E-state index contributed by atoms with van der Waals surface area (Å²) in [6.07, 6.45) is 1.62. The number of aliphatic hydroxyl groups is 1. The number of pyridine rings is 1. The first-order valence-electron chi connectivity index (χ1n) is 11.3. The van der Waals surface area contributed by atoms with Gasteiger partial charge in [-0.3, -0.25) is 19.5 Å². The van der Waals surface area contributed by atoms with Crippen LogP contribution >= 0.6 is 0 Å². The summed E-state index contributed by atoms with van der Waals surface area (Å²) in [5.74, 6) is -1.64. The molecule has 1 aliphatic heterocycles. The van der Waals surface area contributed by atoms with Gasteiger partial charge in [0.1, 0.15) is 11.8 Å². The minimum absolute atomic E-state index is 0.0259. The molecule has 5 heteroatoms. The molecule has 0 aliphatic carbocycles. The summed E-state index contributed by atoms with van der Waals surface area (Å²) in [4.78, 5) is 33.0. The average Bonchev–Trinajstić information content (AvgIpc) is 3.18. The van der Waals surface area contributed by atoms with Crippen LogP contribution in [0.25, 0.3) is 27.3 Å². The molecule has 1 atom stereocenters. The number of Topliss-reactive ketones (excluding diaryl/α,β-unsaturated/α-hetero) is 1. The molecule has 1 saturated heterocycles. The van der Waals surface area contributed by atoms with Crippen molar-refractivity contribution in [1.82, 2.24) is 4.98 Å². The maximum Gasteiger partial charge on any atom is 0.300 e. The van der Waals surface area contributed by atoms with E-state index >= 15 is 0 Å². The number of ketones is 1. The highest BCUT2D eigenvalue weighted by Gasteiger charge is 2.48. The van der Waals surface area contributed by atoms with E-state index in [1.54, 1.807) is 24.4 Å². The SMILES string of the molecule is O=C1C(=O)N(c2cccc3ccccc23)C(c2ccccn2)/C1=C(\O)c1cccc2ccccc12. The number of nitrogens with zero attached hydrogens (tertiary/aromatic N) is 2. The van der Waals surface area contributed by atoms with E-state index in [1.807, 2.05) is 84.9 Å². The Morgan fingerprint density at radius 3 is 2.09 bits per heavy atom. The van der Waals surface area contributed by atoms with Crippen LogP contribution in [0.1, 0.15) is 17.3 Å². The number of fused-ring (bicyclic) bond motifs is 2. The summed E-state index contributed by atoms with van der Waals surface area (Å²) in [5.41, 5.74) is 1.62. The van der Waals surface area contributed by atoms with Gasteiger partial charge in [0.05, 0.1) is 17.0 Å². The fourth-order valence-electron chi connectivity index (χ4n) is 4.89. The predicted molar refractivity (Wildman–Crippen MR) is 137 cm³/mol. The number of rotatable bonds is 3. The van der Waals surface area contributed by atoms with Gasteiger partial charge in [0, 0.05) is 17.1 Å². The fourth-order valence-corrected chi connectivity index (χ4v) is 4.89. The average molecular weight is 457 g/mol. The lowest BCUT2D eigenvalue weighted by Crippen LogP contribution is -2.30. The highest BCUT2D eigenvalue weighted by atomic mass is 16.3. The molecule has 1 aromatic heterocycles. The number of carbonyl (C=O) groups excluding carboxylic acids is 2. The van der Waals surface area contributed by atoms with Gasteiger partial charge in [-0.25, -0.2) is 0 Å². The maximum absolute atomic E-state index is 13.5. The molecule has 5 aromatic rings. The van der Waals surface area contributed by atoms with Gasteiger partial charge >= 0.3 is 0 Å². The van der Waals surface area contributed by atoms with Crippen molar-refractivity contribution in [2.75, 3.05) is 4.90 Å². The summed E-state index contributed by atoms with van der Waals surface area (Å²) in [6, 6.07) is 31.0. The molecule has 0 spiro atoms. The zero-order valence-electron chi connectivity index (χ0n) is 18.6. The van der Waals surface area contributed by atoms with Crippen LogP contribution in [-0.4, -0.2) is 21.8 Å². The number of hydrogen-bond acceptors (Lipinski definition) is 4. The number of carbonyl (C=O) groups is 2. The molecule has 0 saturated carbocycles. The van der Waals surface area contributed by atoms with E-state index < -0.39 is 17.7 Å². The molecule has 4 aromatic carbocycles. The predicted octanol–water partition coefficient (Wildman–Crippen LogP) is 6.01. The Morgan fingerprint density at radius 1 is 0.714 bits per heavy atom. The minimum atomic E-state index is -0.874. The molecule has 5 nitrogen and oxygen atoms in total. The van der Waals surface area contributed by atoms with E-state index in [2.05, 4.69) is 4.98 Å². The zero-order valence-corrected chi connectivity index (χ0v) is 18.6. The number of aromatic nitrogens is 1. The van der Waals surface area contributed by atoms with Crippen LogP contribution in [-0.2, 0) is 9.59 Å². The number of anilines is 1. The third-order valence-corrected chi connectivity index (χ3v) is 6.48. The number of amides is 1. The van der Waals surface area contributed by atoms with Crippen molar-refractivity contribution < 1.29 is 14.7 Å². The van der Waals surface area contributed by atoms with Gasteiger partial charge in [0.25, 0.3) is 11.7 Å². The number of aliphatic hydroxyl groups excluding tert-OH is 1. The van der Waals surface area contributed by atoms with Crippen molar-refractivity contribution in [2.24, 2.45) is 0 Å². The summed E-state index contributed by atoms with van der Waals surface area (Å²) in [5, 5.41) is 15.1. The summed E-state index contributed by atoms with van der Waals surface area (Å²) < 4.78 is 0. The van der Waals surface area contributed by atoms with Crippen LogP contribution < -0.4 is 4.90 Å². The van der Waals surface area contributed by atoms with Crippen LogP contribution in [0.4, 0.5) is 5.69 Å². The molecule has 1 N–H and O–H groups in total. The Bertz CT molecular complexity index is 1650. The van der Waals surface area contributed by atoms with Crippen LogP contribution in [0, 0.1) is 0 Å². The molecule has 1 aliphatic rings. The molecule has 1 fully saturated rings. The Hall–Kier alpha value is -4.77. The first-order chi connectivity index (χ1) is 17.1. The summed E-state index contributed by atoms with van der Waals surface area (Å²) in [6.45, 7) is 0. The first-order valence-corrected chi connectivity index (χ1v) is 11.3. The van der Waals surface area contributed by atoms with Crippen LogP contribution in [0.5, 0.6) is 0 Å². The lowest BCUT2D eigenvalue weighted by Gasteiger charge is -2.26. The largest absolute Gasteiger partial charge is 0.507 e. The fraction of sp³-hybridized carbons (Fsp3) is 0.0333. The lowest BCUT2D eigenvalue weighted by molar-refractivity contribution is -0.132. The third-order valence-electron chi connectivity index (χ3n) is 6.48. The second kappa shape index (κ2) is 8.22.